The SMILES string of the molecule is CN(C)CCOc1ccc(CNC(=O)C2Cc3cc(Cl)ccc3O2)cc1. The topological polar surface area (TPSA) is 50.8 Å². The molecule has 138 valence electrons. The second-order valence-electron chi connectivity index (χ2n) is 6.58. The molecule has 0 bridgehead atoms. The average Bonchev–Trinajstić information content (AvgIpc) is 3.03. The van der Waals surface area contributed by atoms with Gasteiger partial charge in [-0.2, -0.15) is 0 Å². The fraction of sp³-hybridized carbons (Fsp3) is 0.350. The number of hydrogen-bond acceptors (Lipinski definition) is 4. The molecular weight excluding hydrogens is 352 g/mol. The van der Waals surface area contributed by atoms with E-state index in [1.54, 1.807) is 12.1 Å². The monoisotopic (exact) mass is 374 g/mol. The van der Waals surface area contributed by atoms with Gasteiger partial charge >= 0.3 is 0 Å². The van der Waals surface area contributed by atoms with Crippen molar-refractivity contribution in [3.8, 4) is 11.5 Å². The molecule has 1 aliphatic heterocycles. The molecule has 0 saturated carbocycles. The number of amides is 1. The van der Waals surface area contributed by atoms with Gasteiger partial charge in [-0.3, -0.25) is 4.79 Å². The van der Waals surface area contributed by atoms with E-state index in [1.807, 2.05) is 44.4 Å². The predicted molar refractivity (Wildman–Crippen MR) is 102 cm³/mol. The minimum Gasteiger partial charge on any atom is -0.492 e. The number of hydrogen-bond donors (Lipinski definition) is 1. The molecule has 1 heterocycles. The lowest BCUT2D eigenvalue weighted by molar-refractivity contribution is -0.127. The molecule has 0 saturated heterocycles. The van der Waals surface area contributed by atoms with Gasteiger partial charge in [0.25, 0.3) is 5.91 Å². The average molecular weight is 375 g/mol. The first-order valence-electron chi connectivity index (χ1n) is 8.60. The summed E-state index contributed by atoms with van der Waals surface area (Å²) in [6.45, 7) is 1.97. The van der Waals surface area contributed by atoms with E-state index in [2.05, 4.69) is 10.2 Å². The van der Waals surface area contributed by atoms with Crippen LogP contribution in [0.2, 0.25) is 5.02 Å². The number of rotatable bonds is 7. The number of nitrogens with zero attached hydrogens (tertiary/aromatic N) is 1. The van der Waals surface area contributed by atoms with Crippen molar-refractivity contribution < 1.29 is 14.3 Å². The molecule has 0 radical (unpaired) electrons. The smallest absolute Gasteiger partial charge is 0.261 e. The van der Waals surface area contributed by atoms with Crippen molar-refractivity contribution in [1.29, 1.82) is 0 Å². The normalized spacial score (nSPS) is 15.5. The van der Waals surface area contributed by atoms with Gasteiger partial charge in [-0.25, -0.2) is 0 Å². The third-order valence-corrected chi connectivity index (χ3v) is 4.42. The Hall–Kier alpha value is -2.24. The van der Waals surface area contributed by atoms with Crippen LogP contribution in [0.4, 0.5) is 0 Å². The van der Waals surface area contributed by atoms with Crippen molar-refractivity contribution in [3.63, 3.8) is 0 Å². The predicted octanol–water partition coefficient (Wildman–Crippen LogP) is 2.90. The van der Waals surface area contributed by atoms with E-state index in [1.165, 1.54) is 0 Å². The first-order valence-corrected chi connectivity index (χ1v) is 8.98. The highest BCUT2D eigenvalue weighted by Crippen LogP contribution is 2.31. The van der Waals surface area contributed by atoms with E-state index in [0.717, 1.165) is 29.2 Å². The van der Waals surface area contributed by atoms with Crippen LogP contribution in [0.1, 0.15) is 11.1 Å². The largest absolute Gasteiger partial charge is 0.492 e. The summed E-state index contributed by atoms with van der Waals surface area (Å²) >= 11 is 5.98. The molecule has 1 atom stereocenters. The first kappa shape index (κ1) is 18.5. The van der Waals surface area contributed by atoms with Crippen LogP contribution in [0.5, 0.6) is 11.5 Å². The highest BCUT2D eigenvalue weighted by atomic mass is 35.5. The summed E-state index contributed by atoms with van der Waals surface area (Å²) in [7, 11) is 4.02. The highest BCUT2D eigenvalue weighted by molar-refractivity contribution is 6.30. The standard InChI is InChI=1S/C20H23ClN2O3/c1-23(2)9-10-25-17-6-3-14(4-7-17)13-22-20(24)19-12-15-11-16(21)5-8-18(15)26-19/h3-8,11,19H,9-10,12-13H2,1-2H3,(H,22,24). The molecule has 6 heteroatoms. The molecule has 26 heavy (non-hydrogen) atoms. The Morgan fingerprint density at radius 3 is 2.77 bits per heavy atom. The number of likely N-dealkylation sites (N-methyl/N-ethyl adjacent to an activating group) is 1. The van der Waals surface area contributed by atoms with Crippen LogP contribution in [0.15, 0.2) is 42.5 Å². The van der Waals surface area contributed by atoms with Gasteiger partial charge in [0.1, 0.15) is 18.1 Å². The number of nitrogens with one attached hydrogen (secondary N) is 1. The summed E-state index contributed by atoms with van der Waals surface area (Å²) in [5.41, 5.74) is 1.98. The molecule has 0 aromatic heterocycles. The Bertz CT molecular complexity index is 762. The highest BCUT2D eigenvalue weighted by Gasteiger charge is 2.28. The number of ether oxygens (including phenoxy) is 2. The molecular formula is C20H23ClN2O3. The number of carbonyl (C=O) groups excluding carboxylic acids is 1. The molecule has 1 amide bonds. The molecule has 3 rings (SSSR count). The van der Waals surface area contributed by atoms with E-state index in [9.17, 15) is 4.79 Å². The fourth-order valence-electron chi connectivity index (χ4n) is 2.72. The molecule has 5 nitrogen and oxygen atoms in total. The Balaban J connectivity index is 1.46. The maximum atomic E-state index is 12.3. The molecule has 1 unspecified atom stereocenters. The molecule has 1 N–H and O–H groups in total. The lowest BCUT2D eigenvalue weighted by atomic mass is 10.1. The van der Waals surface area contributed by atoms with E-state index >= 15 is 0 Å². The fourth-order valence-corrected chi connectivity index (χ4v) is 2.91. The van der Waals surface area contributed by atoms with Crippen LogP contribution < -0.4 is 14.8 Å². The number of benzene rings is 2. The van der Waals surface area contributed by atoms with Gasteiger partial charge in [-0.1, -0.05) is 23.7 Å². The van der Waals surface area contributed by atoms with Gasteiger partial charge in [-0.15, -0.1) is 0 Å². The summed E-state index contributed by atoms with van der Waals surface area (Å²) in [6.07, 6.45) is 0.0394. The van der Waals surface area contributed by atoms with Crippen molar-refractivity contribution in [1.82, 2.24) is 10.2 Å². The summed E-state index contributed by atoms with van der Waals surface area (Å²) in [5, 5.41) is 3.58. The molecule has 0 spiro atoms. The Morgan fingerprint density at radius 1 is 1.27 bits per heavy atom. The van der Waals surface area contributed by atoms with E-state index in [0.29, 0.717) is 24.6 Å². The first-order chi connectivity index (χ1) is 12.5. The molecule has 2 aromatic rings. The van der Waals surface area contributed by atoms with Crippen molar-refractivity contribution >= 4 is 17.5 Å². The second-order valence-corrected chi connectivity index (χ2v) is 7.01. The third kappa shape index (κ3) is 4.90. The number of fused-ring (bicyclic) bond motifs is 1. The number of carbonyl (C=O) groups is 1. The van der Waals surface area contributed by atoms with Gasteiger partial charge < -0.3 is 19.7 Å². The molecule has 0 aliphatic carbocycles. The lowest BCUT2D eigenvalue weighted by Gasteiger charge is -2.13. The zero-order valence-electron chi connectivity index (χ0n) is 15.0. The van der Waals surface area contributed by atoms with Gasteiger partial charge in [-0.05, 0) is 55.6 Å². The van der Waals surface area contributed by atoms with E-state index in [-0.39, 0.29) is 5.91 Å². The van der Waals surface area contributed by atoms with Crippen LogP contribution >= 0.6 is 11.6 Å². The van der Waals surface area contributed by atoms with Crippen LogP contribution in [0, 0.1) is 0 Å². The van der Waals surface area contributed by atoms with Crippen molar-refractivity contribution in [3.05, 3.63) is 58.6 Å². The summed E-state index contributed by atoms with van der Waals surface area (Å²) in [5.74, 6) is 1.44. The van der Waals surface area contributed by atoms with Crippen LogP contribution in [0.25, 0.3) is 0 Å². The second kappa shape index (κ2) is 8.43. The Labute approximate surface area is 158 Å². The minimum absolute atomic E-state index is 0.122. The summed E-state index contributed by atoms with van der Waals surface area (Å²) < 4.78 is 11.4. The number of halogens is 1. The minimum atomic E-state index is -0.503. The van der Waals surface area contributed by atoms with Gasteiger partial charge in [0, 0.05) is 24.5 Å². The lowest BCUT2D eigenvalue weighted by Crippen LogP contribution is -2.36. The Kier molecular flexibility index (Phi) is 6.01. The maximum absolute atomic E-state index is 12.3. The van der Waals surface area contributed by atoms with Crippen LogP contribution in [-0.2, 0) is 17.8 Å². The van der Waals surface area contributed by atoms with E-state index in [4.69, 9.17) is 21.1 Å². The quantitative estimate of drug-likeness (QED) is 0.809. The third-order valence-electron chi connectivity index (χ3n) is 4.19. The molecule has 0 fully saturated rings. The van der Waals surface area contributed by atoms with E-state index < -0.39 is 6.10 Å². The van der Waals surface area contributed by atoms with Crippen LogP contribution in [0.3, 0.4) is 0 Å². The van der Waals surface area contributed by atoms with Crippen molar-refractivity contribution in [2.75, 3.05) is 27.2 Å². The summed E-state index contributed by atoms with van der Waals surface area (Å²) in [6, 6.07) is 13.2. The Morgan fingerprint density at radius 2 is 2.04 bits per heavy atom. The zero-order chi connectivity index (χ0) is 18.5. The van der Waals surface area contributed by atoms with Gasteiger partial charge in [0.15, 0.2) is 6.10 Å². The van der Waals surface area contributed by atoms with Crippen molar-refractivity contribution in [2.24, 2.45) is 0 Å². The zero-order valence-corrected chi connectivity index (χ0v) is 15.8. The maximum Gasteiger partial charge on any atom is 0.261 e. The van der Waals surface area contributed by atoms with Crippen LogP contribution in [-0.4, -0.2) is 44.2 Å². The van der Waals surface area contributed by atoms with Gasteiger partial charge in [0.05, 0.1) is 0 Å². The van der Waals surface area contributed by atoms with Gasteiger partial charge in [0.2, 0.25) is 0 Å². The summed E-state index contributed by atoms with van der Waals surface area (Å²) in [4.78, 5) is 14.4. The molecule has 1 aliphatic rings. The molecule has 2 aromatic carbocycles. The van der Waals surface area contributed by atoms with Crippen molar-refractivity contribution in [2.45, 2.75) is 19.1 Å².